The molecule has 4 heteroatoms. The van der Waals surface area contributed by atoms with Crippen molar-refractivity contribution in [2.24, 2.45) is 0 Å². The fourth-order valence-corrected chi connectivity index (χ4v) is 0.255. The summed E-state index contributed by atoms with van der Waals surface area (Å²) in [5.74, 6) is -1.33. The van der Waals surface area contributed by atoms with Crippen LogP contribution < -0.4 is 5.32 Å². The molecule has 0 aliphatic rings. The van der Waals surface area contributed by atoms with Crippen molar-refractivity contribution < 1.29 is 14.4 Å². The van der Waals surface area contributed by atoms with Gasteiger partial charge in [0, 0.05) is 6.42 Å². The molecule has 0 radical (unpaired) electrons. The van der Waals surface area contributed by atoms with E-state index in [2.05, 4.69) is 0 Å². The highest BCUT2D eigenvalue weighted by Gasteiger charge is 2.01. The number of carbonyl (C=O) groups is 3. The van der Waals surface area contributed by atoms with Gasteiger partial charge in [0.1, 0.15) is 0 Å². The van der Waals surface area contributed by atoms with Crippen LogP contribution in [0.3, 0.4) is 0 Å². The van der Waals surface area contributed by atoms with Gasteiger partial charge >= 0.3 is 0 Å². The second-order valence-corrected chi connectivity index (χ2v) is 1.38. The molecule has 0 unspecified atom stereocenters. The van der Waals surface area contributed by atoms with Crippen LogP contribution in [0.15, 0.2) is 0 Å². The molecule has 4 nitrogen and oxygen atoms in total. The van der Waals surface area contributed by atoms with Crippen molar-refractivity contribution in [2.45, 2.75) is 13.3 Å². The molecular weight excluding hydrogens is 122 g/mol. The Bertz CT molecular complexity index is 141. The van der Waals surface area contributed by atoms with Crippen molar-refractivity contribution in [3.63, 3.8) is 0 Å². The number of hydrogen-bond donors (Lipinski definition) is 1. The summed E-state index contributed by atoms with van der Waals surface area (Å²) in [6.45, 7) is 1.59. The van der Waals surface area contributed by atoms with E-state index in [1.165, 1.54) is 0 Å². The van der Waals surface area contributed by atoms with Gasteiger partial charge in [0.2, 0.25) is 12.2 Å². The smallest absolute Gasteiger partial charge is 0.290 e. The highest BCUT2D eigenvalue weighted by molar-refractivity contribution is 6.27. The Morgan fingerprint density at radius 2 is 2.11 bits per heavy atom. The molecule has 0 atom stereocenters. The molecule has 9 heavy (non-hydrogen) atoms. The van der Waals surface area contributed by atoms with E-state index in [4.69, 9.17) is 0 Å². The molecule has 2 amide bonds. The molecule has 0 aromatic carbocycles. The Morgan fingerprint density at radius 3 is 2.44 bits per heavy atom. The lowest BCUT2D eigenvalue weighted by molar-refractivity contribution is -0.135. The zero-order valence-corrected chi connectivity index (χ0v) is 5.01. The molecule has 50 valence electrons. The molecule has 0 aromatic rings. The molecule has 0 saturated carbocycles. The van der Waals surface area contributed by atoms with Crippen LogP contribution in [0.5, 0.6) is 0 Å². The second-order valence-electron chi connectivity index (χ2n) is 1.38. The Kier molecular flexibility index (Phi) is 3.27. The number of rotatable bonds is 2. The average Bonchev–Trinajstić information content (AvgIpc) is 1.87. The van der Waals surface area contributed by atoms with Gasteiger partial charge in [0.15, 0.2) is 0 Å². The van der Waals surface area contributed by atoms with Crippen molar-refractivity contribution in [3.8, 4) is 0 Å². The van der Waals surface area contributed by atoms with E-state index in [1.54, 1.807) is 6.92 Å². The molecular formula is C5H7NO3. The molecule has 0 rings (SSSR count). The fraction of sp³-hybridized carbons (Fsp3) is 0.400. The van der Waals surface area contributed by atoms with Gasteiger partial charge < -0.3 is 0 Å². The number of nitrogens with one attached hydrogen (secondary N) is 1. The summed E-state index contributed by atoms with van der Waals surface area (Å²) in [6, 6.07) is 0. The third kappa shape index (κ3) is 3.40. The van der Waals surface area contributed by atoms with Gasteiger partial charge in [-0.15, -0.1) is 0 Å². The summed E-state index contributed by atoms with van der Waals surface area (Å²) in [6.07, 6.45) is 0.271. The van der Waals surface area contributed by atoms with Crippen molar-refractivity contribution >= 4 is 18.1 Å². The number of aldehydes is 1. The van der Waals surface area contributed by atoms with Gasteiger partial charge in [0.25, 0.3) is 5.91 Å². The van der Waals surface area contributed by atoms with Crippen molar-refractivity contribution in [1.82, 2.24) is 5.32 Å². The minimum Gasteiger partial charge on any atom is -0.292 e. The monoisotopic (exact) mass is 129 g/mol. The first-order chi connectivity index (χ1) is 4.20. The van der Waals surface area contributed by atoms with E-state index < -0.39 is 11.8 Å². The summed E-state index contributed by atoms with van der Waals surface area (Å²) in [7, 11) is 0. The number of carbonyl (C=O) groups excluding carboxylic acids is 3. The van der Waals surface area contributed by atoms with Crippen LogP contribution in [-0.2, 0) is 14.4 Å². The topological polar surface area (TPSA) is 63.2 Å². The van der Waals surface area contributed by atoms with Crippen LogP contribution in [-0.4, -0.2) is 18.1 Å². The Hall–Kier alpha value is -1.19. The quantitative estimate of drug-likeness (QED) is 0.393. The normalized spacial score (nSPS) is 8.11. The molecule has 0 aliphatic carbocycles. The van der Waals surface area contributed by atoms with E-state index in [-0.39, 0.29) is 12.7 Å². The lowest BCUT2D eigenvalue weighted by Crippen LogP contribution is -2.30. The maximum absolute atomic E-state index is 10.3. The SMILES string of the molecule is CCC(=O)NC(=O)C=O. The summed E-state index contributed by atoms with van der Waals surface area (Å²) in [5, 5.41) is 1.83. The van der Waals surface area contributed by atoms with Crippen LogP contribution >= 0.6 is 0 Å². The molecule has 1 N–H and O–H groups in total. The summed E-state index contributed by atoms with van der Waals surface area (Å²) in [4.78, 5) is 30.0. The summed E-state index contributed by atoms with van der Waals surface area (Å²) >= 11 is 0. The van der Waals surface area contributed by atoms with Crippen LogP contribution in [0.1, 0.15) is 13.3 Å². The first-order valence-corrected chi connectivity index (χ1v) is 2.49. The van der Waals surface area contributed by atoms with Gasteiger partial charge in [-0.05, 0) is 0 Å². The minimum atomic E-state index is -0.887. The molecule has 0 aliphatic heterocycles. The van der Waals surface area contributed by atoms with Crippen LogP contribution in [0.25, 0.3) is 0 Å². The van der Waals surface area contributed by atoms with Gasteiger partial charge in [-0.2, -0.15) is 0 Å². The molecule has 0 fully saturated rings. The predicted molar refractivity (Wildman–Crippen MR) is 29.5 cm³/mol. The zero-order chi connectivity index (χ0) is 7.28. The third-order valence-electron chi connectivity index (χ3n) is 0.691. The van der Waals surface area contributed by atoms with Crippen molar-refractivity contribution in [1.29, 1.82) is 0 Å². The van der Waals surface area contributed by atoms with Gasteiger partial charge in [0.05, 0.1) is 0 Å². The Balaban J connectivity index is 3.59. The van der Waals surface area contributed by atoms with E-state index in [1.807, 2.05) is 5.32 Å². The maximum Gasteiger partial charge on any atom is 0.290 e. The predicted octanol–water partition coefficient (Wildman–Crippen LogP) is -0.762. The van der Waals surface area contributed by atoms with Crippen molar-refractivity contribution in [2.75, 3.05) is 0 Å². The largest absolute Gasteiger partial charge is 0.292 e. The lowest BCUT2D eigenvalue weighted by Gasteiger charge is -1.92. The average molecular weight is 129 g/mol. The number of hydrogen-bond acceptors (Lipinski definition) is 3. The standard InChI is InChI=1S/C5H7NO3/c1-2-4(8)6-5(9)3-7/h3H,2H2,1H3,(H,6,8,9). The van der Waals surface area contributed by atoms with Crippen LogP contribution in [0.2, 0.25) is 0 Å². The van der Waals surface area contributed by atoms with Crippen molar-refractivity contribution in [3.05, 3.63) is 0 Å². The van der Waals surface area contributed by atoms with Crippen LogP contribution in [0.4, 0.5) is 0 Å². The van der Waals surface area contributed by atoms with E-state index in [9.17, 15) is 14.4 Å². The third-order valence-corrected chi connectivity index (χ3v) is 0.691. The van der Waals surface area contributed by atoms with Gasteiger partial charge in [-0.3, -0.25) is 19.7 Å². The lowest BCUT2D eigenvalue weighted by atomic mass is 10.4. The first kappa shape index (κ1) is 7.81. The molecule has 0 saturated heterocycles. The first-order valence-electron chi connectivity index (χ1n) is 2.49. The number of amides is 2. The summed E-state index contributed by atoms with van der Waals surface area (Å²) in [5.41, 5.74) is 0. The minimum absolute atomic E-state index is 0.0631. The zero-order valence-electron chi connectivity index (χ0n) is 5.01. The molecule has 0 aromatic heterocycles. The van der Waals surface area contributed by atoms with E-state index in [0.29, 0.717) is 0 Å². The van der Waals surface area contributed by atoms with E-state index >= 15 is 0 Å². The summed E-state index contributed by atoms with van der Waals surface area (Å²) < 4.78 is 0. The Labute approximate surface area is 52.2 Å². The molecule has 0 bridgehead atoms. The van der Waals surface area contributed by atoms with Gasteiger partial charge in [-0.25, -0.2) is 0 Å². The van der Waals surface area contributed by atoms with Crippen LogP contribution in [0, 0.1) is 0 Å². The maximum atomic E-state index is 10.3. The highest BCUT2D eigenvalue weighted by Crippen LogP contribution is 1.72. The highest BCUT2D eigenvalue weighted by atomic mass is 16.2. The second kappa shape index (κ2) is 3.77. The van der Waals surface area contributed by atoms with Gasteiger partial charge in [-0.1, -0.05) is 6.92 Å². The fourth-order valence-electron chi connectivity index (χ4n) is 0.255. The Morgan fingerprint density at radius 1 is 1.56 bits per heavy atom. The van der Waals surface area contributed by atoms with E-state index in [0.717, 1.165) is 0 Å². The molecule has 0 spiro atoms. The molecule has 0 heterocycles. The number of imide groups is 1.